The summed E-state index contributed by atoms with van der Waals surface area (Å²) in [5.41, 5.74) is 1.96. The quantitative estimate of drug-likeness (QED) is 0.547. The molecule has 0 radical (unpaired) electrons. The van der Waals surface area contributed by atoms with Crippen LogP contribution < -0.4 is 20.7 Å². The normalized spacial score (nSPS) is 21.2. The van der Waals surface area contributed by atoms with Crippen molar-refractivity contribution in [3.63, 3.8) is 0 Å². The minimum Gasteiger partial charge on any atom is -0.490 e. The second kappa shape index (κ2) is 11.9. The second-order valence-electron chi connectivity index (χ2n) is 9.23. The molecule has 4 amide bonds. The van der Waals surface area contributed by atoms with Crippen LogP contribution in [0, 0.1) is 0 Å². The van der Waals surface area contributed by atoms with Gasteiger partial charge in [-0.05, 0) is 43.0 Å². The molecule has 0 unspecified atom stereocenters. The molecule has 2 aromatic rings. The number of nitrogens with zero attached hydrogens (tertiary/aromatic N) is 1. The minimum atomic E-state index is -0.342. The topological polar surface area (TPSA) is 109 Å². The van der Waals surface area contributed by atoms with E-state index in [9.17, 15) is 14.4 Å². The Morgan fingerprint density at radius 3 is 2.67 bits per heavy atom. The summed E-state index contributed by atoms with van der Waals surface area (Å²) in [7, 11) is 1.76. The Morgan fingerprint density at radius 2 is 1.89 bits per heavy atom. The largest absolute Gasteiger partial charge is 0.490 e. The van der Waals surface area contributed by atoms with Gasteiger partial charge < -0.3 is 30.3 Å². The van der Waals surface area contributed by atoms with Crippen molar-refractivity contribution in [3.05, 3.63) is 59.7 Å². The number of anilines is 1. The molecule has 1 fully saturated rings. The highest BCUT2D eigenvalue weighted by atomic mass is 16.5. The molecule has 0 spiro atoms. The molecule has 9 heteroatoms. The van der Waals surface area contributed by atoms with Crippen LogP contribution in [-0.2, 0) is 16.1 Å². The molecule has 192 valence electrons. The molecule has 0 saturated carbocycles. The number of urea groups is 1. The van der Waals surface area contributed by atoms with E-state index in [0.717, 1.165) is 12.0 Å². The fourth-order valence-corrected chi connectivity index (χ4v) is 4.59. The number of ether oxygens (including phenoxy) is 2. The molecule has 0 aliphatic carbocycles. The van der Waals surface area contributed by atoms with Crippen molar-refractivity contribution in [3.8, 4) is 5.75 Å². The van der Waals surface area contributed by atoms with E-state index in [-0.39, 0.29) is 49.1 Å². The smallest absolute Gasteiger partial charge is 0.319 e. The van der Waals surface area contributed by atoms with Crippen molar-refractivity contribution >= 4 is 23.5 Å². The molecule has 9 nitrogen and oxygen atoms in total. The van der Waals surface area contributed by atoms with Crippen LogP contribution in [0.1, 0.15) is 48.5 Å². The highest BCUT2D eigenvalue weighted by Crippen LogP contribution is 2.32. The van der Waals surface area contributed by atoms with E-state index >= 15 is 0 Å². The number of hydrogen-bond acceptors (Lipinski definition) is 5. The van der Waals surface area contributed by atoms with Gasteiger partial charge in [-0.25, -0.2) is 4.79 Å². The zero-order valence-corrected chi connectivity index (χ0v) is 20.8. The number of likely N-dealkylation sites (N-methyl/N-ethyl adjacent to an activating group) is 1. The fourth-order valence-electron chi connectivity index (χ4n) is 4.59. The first kappa shape index (κ1) is 25.5. The average molecular weight is 495 g/mol. The Labute approximate surface area is 211 Å². The van der Waals surface area contributed by atoms with Crippen LogP contribution in [0.5, 0.6) is 5.75 Å². The van der Waals surface area contributed by atoms with E-state index in [1.54, 1.807) is 30.1 Å². The highest BCUT2D eigenvalue weighted by molar-refractivity contribution is 5.99. The number of rotatable bonds is 7. The predicted molar refractivity (Wildman–Crippen MR) is 136 cm³/mol. The maximum atomic E-state index is 13.3. The van der Waals surface area contributed by atoms with Crippen molar-refractivity contribution in [1.82, 2.24) is 15.5 Å². The lowest BCUT2D eigenvalue weighted by molar-refractivity contribution is -0.134. The average Bonchev–Trinajstić information content (AvgIpc) is 2.89. The number of carbonyl (C=O) groups is 3. The van der Waals surface area contributed by atoms with Crippen molar-refractivity contribution in [2.45, 2.75) is 57.4 Å². The van der Waals surface area contributed by atoms with Gasteiger partial charge in [0.15, 0.2) is 0 Å². The third-order valence-corrected chi connectivity index (χ3v) is 6.55. The van der Waals surface area contributed by atoms with Gasteiger partial charge in [0, 0.05) is 25.8 Å². The van der Waals surface area contributed by atoms with Gasteiger partial charge in [-0.15, -0.1) is 0 Å². The van der Waals surface area contributed by atoms with Crippen molar-refractivity contribution in [1.29, 1.82) is 0 Å². The van der Waals surface area contributed by atoms with Gasteiger partial charge in [0.25, 0.3) is 5.91 Å². The molecule has 2 aliphatic rings. The van der Waals surface area contributed by atoms with Gasteiger partial charge in [0.1, 0.15) is 18.5 Å². The number of nitrogens with one attached hydrogen (secondary N) is 3. The zero-order valence-electron chi connectivity index (χ0n) is 20.8. The zero-order chi connectivity index (χ0) is 25.5. The lowest BCUT2D eigenvalue weighted by Gasteiger charge is -2.42. The Morgan fingerprint density at radius 1 is 1.08 bits per heavy atom. The number of carbonyl (C=O) groups excluding carboxylic acids is 3. The summed E-state index contributed by atoms with van der Waals surface area (Å²) in [5.74, 6) is 0.183. The van der Waals surface area contributed by atoms with Crippen molar-refractivity contribution < 1.29 is 23.9 Å². The van der Waals surface area contributed by atoms with E-state index in [1.807, 2.05) is 37.3 Å². The van der Waals surface area contributed by atoms with Crippen LogP contribution in [0.15, 0.2) is 48.5 Å². The predicted octanol–water partition coefficient (Wildman–Crippen LogP) is 3.31. The van der Waals surface area contributed by atoms with Gasteiger partial charge in [-0.2, -0.15) is 0 Å². The first-order chi connectivity index (χ1) is 17.4. The third-order valence-electron chi connectivity index (χ3n) is 6.55. The Bertz CT molecular complexity index is 1080. The summed E-state index contributed by atoms with van der Waals surface area (Å²) in [6.45, 7) is 3.29. The summed E-state index contributed by atoms with van der Waals surface area (Å²) < 4.78 is 12.3. The van der Waals surface area contributed by atoms with Crippen LogP contribution in [0.4, 0.5) is 10.5 Å². The number of hydrogen-bond donors (Lipinski definition) is 3. The summed E-state index contributed by atoms with van der Waals surface area (Å²) in [6, 6.07) is 14.3. The summed E-state index contributed by atoms with van der Waals surface area (Å²) in [4.78, 5) is 39.5. The Balaban J connectivity index is 1.37. The van der Waals surface area contributed by atoms with Crippen LogP contribution in [-0.4, -0.2) is 61.2 Å². The third kappa shape index (κ3) is 6.34. The first-order valence-electron chi connectivity index (χ1n) is 12.5. The molecular formula is C27H34N4O5. The number of fused-ring (bicyclic) bond motifs is 2. The lowest BCUT2D eigenvalue weighted by atomic mass is 9.94. The van der Waals surface area contributed by atoms with Gasteiger partial charge >= 0.3 is 6.03 Å². The molecule has 3 N–H and O–H groups in total. The maximum Gasteiger partial charge on any atom is 0.319 e. The standard InChI is InChI=1S/C27H34N4O5/c1-3-13-28-27(34)30-19-9-12-23-21(14-19)26(33)31(2)22-11-10-20(36-24(22)17-35-23)15-25(32)29-16-18-7-5-4-6-8-18/h4-9,12,14,20,22,24H,3,10-11,13,15-17H2,1-2H3,(H,29,32)(H2,28,30,34)/t20-,22-,24+/m0/s1. The van der Waals surface area contributed by atoms with E-state index in [0.29, 0.717) is 42.9 Å². The maximum absolute atomic E-state index is 13.3. The molecule has 2 aromatic carbocycles. The number of amides is 4. The monoisotopic (exact) mass is 494 g/mol. The molecule has 4 rings (SSSR count). The van der Waals surface area contributed by atoms with E-state index in [2.05, 4.69) is 16.0 Å². The van der Waals surface area contributed by atoms with Crippen molar-refractivity contribution in [2.24, 2.45) is 0 Å². The molecule has 0 aromatic heterocycles. The summed E-state index contributed by atoms with van der Waals surface area (Å²) >= 11 is 0. The van der Waals surface area contributed by atoms with Gasteiger partial charge in [-0.1, -0.05) is 37.3 Å². The first-order valence-corrected chi connectivity index (χ1v) is 12.5. The van der Waals surface area contributed by atoms with Gasteiger partial charge in [-0.3, -0.25) is 9.59 Å². The van der Waals surface area contributed by atoms with Crippen LogP contribution in [0.25, 0.3) is 0 Å². The molecule has 1 saturated heterocycles. The molecule has 0 bridgehead atoms. The summed E-state index contributed by atoms with van der Waals surface area (Å²) in [6.07, 6.45) is 1.90. The number of benzene rings is 2. The molecule has 36 heavy (non-hydrogen) atoms. The van der Waals surface area contributed by atoms with Crippen LogP contribution in [0.2, 0.25) is 0 Å². The lowest BCUT2D eigenvalue weighted by Crippen LogP contribution is -2.53. The molecular weight excluding hydrogens is 460 g/mol. The fraction of sp³-hybridized carbons (Fsp3) is 0.444. The Hall–Kier alpha value is -3.59. The van der Waals surface area contributed by atoms with Gasteiger partial charge in [0.05, 0.1) is 24.1 Å². The van der Waals surface area contributed by atoms with Gasteiger partial charge in [0.2, 0.25) is 5.91 Å². The van der Waals surface area contributed by atoms with Crippen LogP contribution in [0.3, 0.4) is 0 Å². The second-order valence-corrected chi connectivity index (χ2v) is 9.23. The van der Waals surface area contributed by atoms with E-state index in [4.69, 9.17) is 9.47 Å². The SMILES string of the molecule is CCCNC(=O)Nc1ccc2c(c1)C(=O)N(C)[C@H]1CC[C@@H](CC(=O)NCc3ccccc3)O[C@@H]1CO2. The molecule has 3 atom stereocenters. The minimum absolute atomic E-state index is 0.0631. The van der Waals surface area contributed by atoms with Crippen LogP contribution >= 0.6 is 0 Å². The van der Waals surface area contributed by atoms with E-state index < -0.39 is 0 Å². The highest BCUT2D eigenvalue weighted by Gasteiger charge is 2.39. The summed E-state index contributed by atoms with van der Waals surface area (Å²) in [5, 5.41) is 8.46. The Kier molecular flexibility index (Phi) is 8.43. The molecule has 2 aliphatic heterocycles. The van der Waals surface area contributed by atoms with Crippen molar-refractivity contribution in [2.75, 3.05) is 25.5 Å². The van der Waals surface area contributed by atoms with E-state index in [1.165, 1.54) is 0 Å². The molecule has 2 heterocycles.